The first-order valence-electron chi connectivity index (χ1n) is 4.12. The highest BCUT2D eigenvalue weighted by Crippen LogP contribution is 2.20. The van der Waals surface area contributed by atoms with Crippen molar-refractivity contribution < 1.29 is 4.79 Å². The van der Waals surface area contributed by atoms with Gasteiger partial charge in [0.25, 0.3) is 0 Å². The number of amides is 1. The molecule has 0 bridgehead atoms. The zero-order valence-electron chi connectivity index (χ0n) is 7.92. The van der Waals surface area contributed by atoms with Crippen LogP contribution in [0.15, 0.2) is 24.8 Å². The highest BCUT2D eigenvalue weighted by molar-refractivity contribution is 5.75. The van der Waals surface area contributed by atoms with Crippen LogP contribution < -0.4 is 5.32 Å². The van der Waals surface area contributed by atoms with Crippen molar-refractivity contribution in [1.29, 1.82) is 0 Å². The predicted octanol–water partition coefficient (Wildman–Crippen LogP) is 2.60. The van der Waals surface area contributed by atoms with Gasteiger partial charge in [-0.05, 0) is 37.1 Å². The zero-order chi connectivity index (χ0) is 9.84. The Morgan fingerprint density at radius 1 is 1.54 bits per heavy atom. The Morgan fingerprint density at radius 2 is 2.23 bits per heavy atom. The first-order chi connectivity index (χ1) is 6.15. The van der Waals surface area contributed by atoms with Gasteiger partial charge in [-0.25, -0.2) is 0 Å². The fourth-order valence-corrected chi connectivity index (χ4v) is 1.24. The van der Waals surface area contributed by atoms with Gasteiger partial charge in [0.1, 0.15) is 0 Å². The van der Waals surface area contributed by atoms with E-state index in [0.717, 1.165) is 16.8 Å². The standard InChI is InChI=1S/C11H13NO/c1-8(2)11-6-10(12-7-13)5-4-9(11)3/h4-7H,1H2,2-3H3,(H,12,13). The van der Waals surface area contributed by atoms with Gasteiger partial charge in [0.15, 0.2) is 0 Å². The Bertz CT molecular complexity index is 342. The number of nitrogens with one attached hydrogen (secondary N) is 1. The molecule has 13 heavy (non-hydrogen) atoms. The van der Waals surface area contributed by atoms with Gasteiger partial charge in [0.2, 0.25) is 6.41 Å². The molecule has 0 heterocycles. The van der Waals surface area contributed by atoms with Crippen molar-refractivity contribution in [2.75, 3.05) is 5.32 Å². The molecule has 1 aromatic carbocycles. The van der Waals surface area contributed by atoms with Crippen LogP contribution in [0.5, 0.6) is 0 Å². The second-order valence-electron chi connectivity index (χ2n) is 3.07. The van der Waals surface area contributed by atoms with Gasteiger partial charge in [0, 0.05) is 5.69 Å². The van der Waals surface area contributed by atoms with Crippen LogP contribution in [0.2, 0.25) is 0 Å². The Morgan fingerprint density at radius 3 is 2.77 bits per heavy atom. The second-order valence-corrected chi connectivity index (χ2v) is 3.07. The van der Waals surface area contributed by atoms with Crippen LogP contribution >= 0.6 is 0 Å². The largest absolute Gasteiger partial charge is 0.329 e. The van der Waals surface area contributed by atoms with Crippen LogP contribution in [-0.2, 0) is 4.79 Å². The molecule has 2 heteroatoms. The van der Waals surface area contributed by atoms with E-state index >= 15 is 0 Å². The number of hydrogen-bond acceptors (Lipinski definition) is 1. The molecule has 0 aliphatic heterocycles. The van der Waals surface area contributed by atoms with Crippen LogP contribution in [0.3, 0.4) is 0 Å². The molecule has 1 N–H and O–H groups in total. The van der Waals surface area contributed by atoms with Gasteiger partial charge in [-0.1, -0.05) is 18.2 Å². The quantitative estimate of drug-likeness (QED) is 0.703. The number of hydrogen-bond donors (Lipinski definition) is 1. The van der Waals surface area contributed by atoms with Gasteiger partial charge in [-0.15, -0.1) is 0 Å². The van der Waals surface area contributed by atoms with Crippen LogP contribution in [0, 0.1) is 6.92 Å². The lowest BCUT2D eigenvalue weighted by atomic mass is 10.0. The monoisotopic (exact) mass is 175 g/mol. The molecule has 2 nitrogen and oxygen atoms in total. The molecule has 1 aromatic rings. The van der Waals surface area contributed by atoms with E-state index in [-0.39, 0.29) is 0 Å². The molecule has 0 aliphatic rings. The number of aryl methyl sites for hydroxylation is 1. The summed E-state index contributed by atoms with van der Waals surface area (Å²) in [4.78, 5) is 10.2. The average molecular weight is 175 g/mol. The number of rotatable bonds is 3. The van der Waals surface area contributed by atoms with E-state index in [1.807, 2.05) is 32.0 Å². The first kappa shape index (κ1) is 9.52. The fourth-order valence-electron chi connectivity index (χ4n) is 1.24. The van der Waals surface area contributed by atoms with Gasteiger partial charge in [-0.3, -0.25) is 4.79 Å². The lowest BCUT2D eigenvalue weighted by Crippen LogP contribution is -1.95. The average Bonchev–Trinajstić information content (AvgIpc) is 2.08. The Balaban J connectivity index is 3.10. The number of allylic oxidation sites excluding steroid dienone is 1. The number of carbonyl (C=O) groups is 1. The van der Waals surface area contributed by atoms with Crippen LogP contribution in [0.4, 0.5) is 5.69 Å². The highest BCUT2D eigenvalue weighted by atomic mass is 16.1. The molecule has 0 fully saturated rings. The summed E-state index contributed by atoms with van der Waals surface area (Å²) >= 11 is 0. The van der Waals surface area contributed by atoms with Crippen LogP contribution in [-0.4, -0.2) is 6.41 Å². The molecule has 0 saturated heterocycles. The molecule has 0 aliphatic carbocycles. The normalized spacial score (nSPS) is 9.38. The second kappa shape index (κ2) is 3.90. The molecule has 0 spiro atoms. The summed E-state index contributed by atoms with van der Waals surface area (Å²) < 4.78 is 0. The molecule has 0 unspecified atom stereocenters. The van der Waals surface area contributed by atoms with Crippen LogP contribution in [0.25, 0.3) is 5.57 Å². The smallest absolute Gasteiger partial charge is 0.211 e. The topological polar surface area (TPSA) is 29.1 Å². The molecule has 1 rings (SSSR count). The maximum absolute atomic E-state index is 10.2. The minimum atomic E-state index is 0.673. The van der Waals surface area contributed by atoms with E-state index in [1.54, 1.807) is 0 Å². The number of carbonyl (C=O) groups excluding carboxylic acids is 1. The summed E-state index contributed by atoms with van der Waals surface area (Å²) in [5, 5.41) is 2.61. The van der Waals surface area contributed by atoms with Gasteiger partial charge >= 0.3 is 0 Å². The van der Waals surface area contributed by atoms with E-state index in [9.17, 15) is 4.79 Å². The Hall–Kier alpha value is -1.57. The fraction of sp³-hybridized carbons (Fsp3) is 0.182. The van der Waals surface area contributed by atoms with Crippen molar-refractivity contribution in [1.82, 2.24) is 0 Å². The summed E-state index contributed by atoms with van der Waals surface area (Å²) in [6.07, 6.45) is 0.673. The molecular weight excluding hydrogens is 162 g/mol. The molecule has 0 atom stereocenters. The minimum absolute atomic E-state index is 0.673. The molecule has 1 amide bonds. The van der Waals surface area contributed by atoms with Crippen molar-refractivity contribution in [2.24, 2.45) is 0 Å². The third kappa shape index (κ3) is 2.18. The summed E-state index contributed by atoms with van der Waals surface area (Å²) in [5.74, 6) is 0. The van der Waals surface area contributed by atoms with Gasteiger partial charge in [-0.2, -0.15) is 0 Å². The predicted molar refractivity (Wildman–Crippen MR) is 55.6 cm³/mol. The minimum Gasteiger partial charge on any atom is -0.329 e. The number of benzene rings is 1. The van der Waals surface area contributed by atoms with Crippen molar-refractivity contribution >= 4 is 17.7 Å². The first-order valence-corrected chi connectivity index (χ1v) is 4.12. The van der Waals surface area contributed by atoms with Gasteiger partial charge < -0.3 is 5.32 Å². The van der Waals surface area contributed by atoms with E-state index < -0.39 is 0 Å². The molecule has 68 valence electrons. The zero-order valence-corrected chi connectivity index (χ0v) is 7.92. The summed E-state index contributed by atoms with van der Waals surface area (Å²) in [6.45, 7) is 7.85. The Kier molecular flexibility index (Phi) is 2.85. The van der Waals surface area contributed by atoms with E-state index in [0.29, 0.717) is 6.41 Å². The summed E-state index contributed by atoms with van der Waals surface area (Å²) in [5.41, 5.74) is 4.07. The lowest BCUT2D eigenvalue weighted by molar-refractivity contribution is -0.105. The molecule has 0 radical (unpaired) electrons. The third-order valence-electron chi connectivity index (χ3n) is 1.92. The maximum Gasteiger partial charge on any atom is 0.211 e. The molecular formula is C11H13NO. The van der Waals surface area contributed by atoms with E-state index in [2.05, 4.69) is 11.9 Å². The van der Waals surface area contributed by atoms with Gasteiger partial charge in [0.05, 0.1) is 0 Å². The summed E-state index contributed by atoms with van der Waals surface area (Å²) in [7, 11) is 0. The van der Waals surface area contributed by atoms with Crippen LogP contribution in [0.1, 0.15) is 18.1 Å². The summed E-state index contributed by atoms with van der Waals surface area (Å²) in [6, 6.07) is 5.76. The SMILES string of the molecule is C=C(C)c1cc(NC=O)ccc1C. The highest BCUT2D eigenvalue weighted by Gasteiger charge is 1.99. The number of anilines is 1. The van der Waals surface area contributed by atoms with Crippen molar-refractivity contribution in [2.45, 2.75) is 13.8 Å². The van der Waals surface area contributed by atoms with E-state index in [4.69, 9.17) is 0 Å². The third-order valence-corrected chi connectivity index (χ3v) is 1.92. The van der Waals surface area contributed by atoms with Crippen molar-refractivity contribution in [3.63, 3.8) is 0 Å². The van der Waals surface area contributed by atoms with Crippen molar-refractivity contribution in [3.05, 3.63) is 35.9 Å². The van der Waals surface area contributed by atoms with Crippen molar-refractivity contribution in [3.8, 4) is 0 Å². The Labute approximate surface area is 78.3 Å². The maximum atomic E-state index is 10.2. The molecule has 0 saturated carbocycles. The van der Waals surface area contributed by atoms with E-state index in [1.165, 1.54) is 5.56 Å². The lowest BCUT2D eigenvalue weighted by Gasteiger charge is -2.07. The molecule has 0 aromatic heterocycles.